The number of aliphatic carboxylic acids is 1. The summed E-state index contributed by atoms with van der Waals surface area (Å²) in [6, 6.07) is -0.346. The van der Waals surface area contributed by atoms with Crippen LogP contribution < -0.4 is 5.73 Å². The highest BCUT2D eigenvalue weighted by atomic mass is 16.5. The summed E-state index contributed by atoms with van der Waals surface area (Å²) in [5, 5.41) is 8.85. The predicted molar refractivity (Wildman–Crippen MR) is 61.4 cm³/mol. The van der Waals surface area contributed by atoms with Crippen molar-refractivity contribution >= 4 is 11.9 Å². The van der Waals surface area contributed by atoms with E-state index in [2.05, 4.69) is 0 Å². The fraction of sp³-hybridized carbons (Fsp3) is 0.818. The summed E-state index contributed by atoms with van der Waals surface area (Å²) in [6.07, 6.45) is 0. The van der Waals surface area contributed by atoms with Crippen molar-refractivity contribution in [3.63, 3.8) is 0 Å². The quantitative estimate of drug-likeness (QED) is 0.709. The van der Waals surface area contributed by atoms with Crippen LogP contribution in [0.4, 0.5) is 0 Å². The molecule has 0 aromatic heterocycles. The van der Waals surface area contributed by atoms with Gasteiger partial charge in [0.25, 0.3) is 0 Å². The van der Waals surface area contributed by atoms with Crippen LogP contribution >= 0.6 is 0 Å². The zero-order valence-corrected chi connectivity index (χ0v) is 10.5. The Morgan fingerprint density at radius 1 is 1.41 bits per heavy atom. The number of hydrogen-bond donors (Lipinski definition) is 2. The van der Waals surface area contributed by atoms with Gasteiger partial charge in [-0.1, -0.05) is 0 Å². The Labute approximate surface area is 101 Å². The molecule has 2 unspecified atom stereocenters. The third kappa shape index (κ3) is 3.41. The predicted octanol–water partition coefficient (Wildman–Crippen LogP) is -0.328. The van der Waals surface area contributed by atoms with Crippen LogP contribution in [0.3, 0.4) is 0 Å². The van der Waals surface area contributed by atoms with Crippen LogP contribution in [0.15, 0.2) is 0 Å². The van der Waals surface area contributed by atoms with Crippen LogP contribution in [0, 0.1) is 5.92 Å². The Hall–Kier alpha value is -1.14. The molecule has 1 aliphatic heterocycles. The van der Waals surface area contributed by atoms with Crippen LogP contribution in [-0.2, 0) is 14.3 Å². The van der Waals surface area contributed by atoms with Gasteiger partial charge in [-0.3, -0.25) is 9.59 Å². The molecule has 6 heteroatoms. The topological polar surface area (TPSA) is 92.9 Å². The number of carbonyl (C=O) groups excluding carboxylic acids is 1. The minimum Gasteiger partial charge on any atom is -0.480 e. The molecule has 0 radical (unpaired) electrons. The molecule has 1 amide bonds. The number of carboxylic acid groups (broad SMARTS) is 1. The van der Waals surface area contributed by atoms with Crippen molar-refractivity contribution in [2.75, 3.05) is 19.8 Å². The highest BCUT2D eigenvalue weighted by Crippen LogP contribution is 2.21. The monoisotopic (exact) mass is 244 g/mol. The lowest BCUT2D eigenvalue weighted by Crippen LogP contribution is -2.53. The molecule has 6 nitrogen and oxygen atoms in total. The third-order valence-corrected chi connectivity index (χ3v) is 2.81. The molecule has 1 saturated heterocycles. The van der Waals surface area contributed by atoms with E-state index in [9.17, 15) is 9.59 Å². The maximum atomic E-state index is 12.2. The van der Waals surface area contributed by atoms with E-state index < -0.39 is 17.4 Å². The Morgan fingerprint density at radius 3 is 2.35 bits per heavy atom. The Bertz CT molecular complexity index is 311. The first-order valence-electron chi connectivity index (χ1n) is 5.60. The molecule has 0 aromatic rings. The van der Waals surface area contributed by atoms with Gasteiger partial charge in [0.2, 0.25) is 5.91 Å². The van der Waals surface area contributed by atoms with Gasteiger partial charge in [0.1, 0.15) is 6.54 Å². The van der Waals surface area contributed by atoms with Gasteiger partial charge < -0.3 is 20.5 Å². The third-order valence-electron chi connectivity index (χ3n) is 2.81. The number of carbonyl (C=O) groups is 2. The van der Waals surface area contributed by atoms with Crippen LogP contribution in [0.1, 0.15) is 20.8 Å². The summed E-state index contributed by atoms with van der Waals surface area (Å²) in [6.45, 7) is 5.71. The molecule has 0 aromatic carbocycles. The van der Waals surface area contributed by atoms with E-state index in [1.54, 1.807) is 20.8 Å². The van der Waals surface area contributed by atoms with Crippen molar-refractivity contribution < 1.29 is 19.4 Å². The number of nitrogens with two attached hydrogens (primary N) is 1. The molecule has 0 spiro atoms. The van der Waals surface area contributed by atoms with Gasteiger partial charge in [-0.25, -0.2) is 0 Å². The number of carboxylic acids is 1. The van der Waals surface area contributed by atoms with Crippen molar-refractivity contribution in [3.05, 3.63) is 0 Å². The normalized spacial score (nSPS) is 24.7. The molecule has 98 valence electrons. The van der Waals surface area contributed by atoms with Gasteiger partial charge in [0, 0.05) is 11.6 Å². The Balaban J connectivity index is 2.83. The van der Waals surface area contributed by atoms with E-state index in [1.165, 1.54) is 4.90 Å². The van der Waals surface area contributed by atoms with Gasteiger partial charge >= 0.3 is 5.97 Å². The Kier molecular flexibility index (Phi) is 4.11. The number of rotatable bonds is 3. The van der Waals surface area contributed by atoms with Crippen LogP contribution in [0.5, 0.6) is 0 Å². The fourth-order valence-corrected chi connectivity index (χ4v) is 1.81. The van der Waals surface area contributed by atoms with Gasteiger partial charge in [-0.15, -0.1) is 0 Å². The number of nitrogens with zero attached hydrogens (tertiary/aromatic N) is 1. The average Bonchev–Trinajstić information content (AvgIpc) is 2.58. The summed E-state index contributed by atoms with van der Waals surface area (Å²) in [7, 11) is 0. The molecule has 17 heavy (non-hydrogen) atoms. The van der Waals surface area contributed by atoms with Crippen molar-refractivity contribution in [2.45, 2.75) is 32.4 Å². The smallest absolute Gasteiger partial charge is 0.323 e. The lowest BCUT2D eigenvalue weighted by atomic mass is 9.98. The second kappa shape index (κ2) is 5.01. The van der Waals surface area contributed by atoms with E-state index in [-0.39, 0.29) is 25.1 Å². The van der Waals surface area contributed by atoms with Crippen molar-refractivity contribution in [2.24, 2.45) is 11.7 Å². The lowest BCUT2D eigenvalue weighted by Gasteiger charge is -2.36. The highest BCUT2D eigenvalue weighted by Gasteiger charge is 2.38. The molecular weight excluding hydrogens is 224 g/mol. The summed E-state index contributed by atoms with van der Waals surface area (Å²) in [5.74, 6) is -1.71. The lowest BCUT2D eigenvalue weighted by molar-refractivity contribution is -0.150. The second-order valence-electron chi connectivity index (χ2n) is 5.30. The largest absolute Gasteiger partial charge is 0.480 e. The first-order chi connectivity index (χ1) is 7.73. The molecule has 3 N–H and O–H groups in total. The minimum absolute atomic E-state index is 0.245. The summed E-state index contributed by atoms with van der Waals surface area (Å²) >= 11 is 0. The molecular formula is C11H20N2O4. The molecule has 0 saturated carbocycles. The molecule has 1 rings (SSSR count). The highest BCUT2D eigenvalue weighted by molar-refractivity contribution is 5.84. The first-order valence-corrected chi connectivity index (χ1v) is 5.60. The van der Waals surface area contributed by atoms with E-state index in [0.29, 0.717) is 6.61 Å². The Morgan fingerprint density at radius 2 is 2.00 bits per heavy atom. The van der Waals surface area contributed by atoms with Gasteiger partial charge in [-0.05, 0) is 20.8 Å². The van der Waals surface area contributed by atoms with Crippen LogP contribution in [-0.4, -0.2) is 53.2 Å². The maximum absolute atomic E-state index is 12.2. The van der Waals surface area contributed by atoms with E-state index in [1.807, 2.05) is 0 Å². The maximum Gasteiger partial charge on any atom is 0.323 e. The van der Waals surface area contributed by atoms with Gasteiger partial charge in [0.05, 0.1) is 19.1 Å². The van der Waals surface area contributed by atoms with E-state index >= 15 is 0 Å². The molecule has 2 atom stereocenters. The fourth-order valence-electron chi connectivity index (χ4n) is 1.81. The first kappa shape index (κ1) is 13.9. The van der Waals surface area contributed by atoms with Crippen LogP contribution in [0.25, 0.3) is 0 Å². The van der Waals surface area contributed by atoms with E-state index in [0.717, 1.165) is 0 Å². The molecule has 1 fully saturated rings. The van der Waals surface area contributed by atoms with Gasteiger partial charge in [-0.2, -0.15) is 0 Å². The summed E-state index contributed by atoms with van der Waals surface area (Å²) < 4.78 is 5.14. The molecule has 0 bridgehead atoms. The van der Waals surface area contributed by atoms with Crippen molar-refractivity contribution in [3.8, 4) is 0 Å². The molecule has 1 aliphatic rings. The van der Waals surface area contributed by atoms with Gasteiger partial charge in [0.15, 0.2) is 0 Å². The summed E-state index contributed by atoms with van der Waals surface area (Å²) in [4.78, 5) is 24.4. The van der Waals surface area contributed by atoms with E-state index in [4.69, 9.17) is 15.6 Å². The number of ether oxygens (including phenoxy) is 1. The zero-order chi connectivity index (χ0) is 13.2. The molecule has 1 heterocycles. The van der Waals surface area contributed by atoms with Crippen molar-refractivity contribution in [1.29, 1.82) is 0 Å². The number of amides is 1. The molecule has 0 aliphatic carbocycles. The minimum atomic E-state index is -1.03. The SMILES string of the molecule is CC(C)(C)N(CC(=O)O)C(=O)C1COCC1N. The van der Waals surface area contributed by atoms with Crippen LogP contribution in [0.2, 0.25) is 0 Å². The second-order valence-corrected chi connectivity index (χ2v) is 5.30. The summed E-state index contributed by atoms with van der Waals surface area (Å²) in [5.41, 5.74) is 5.23. The van der Waals surface area contributed by atoms with Crippen molar-refractivity contribution in [1.82, 2.24) is 4.90 Å². The standard InChI is InChI=1S/C11H20N2O4/c1-11(2,3)13(4-9(14)15)10(16)7-5-17-6-8(7)12/h7-8H,4-6,12H2,1-3H3,(H,14,15). The zero-order valence-electron chi connectivity index (χ0n) is 10.5. The average molecular weight is 244 g/mol. The number of hydrogen-bond acceptors (Lipinski definition) is 4.